The van der Waals surface area contributed by atoms with Gasteiger partial charge in [-0.3, -0.25) is 0 Å². The van der Waals surface area contributed by atoms with Crippen LogP contribution in [0.25, 0.3) is 0 Å². The molecule has 0 aliphatic rings. The van der Waals surface area contributed by atoms with Crippen LogP contribution in [0.3, 0.4) is 0 Å². The van der Waals surface area contributed by atoms with Crippen LogP contribution in [0, 0.1) is 0 Å². The van der Waals surface area contributed by atoms with Gasteiger partial charge in [-0.2, -0.15) is 0 Å². The van der Waals surface area contributed by atoms with E-state index in [0.717, 1.165) is 25.0 Å². The van der Waals surface area contributed by atoms with Crippen LogP contribution in [-0.4, -0.2) is 21.8 Å². The smallest absolute Gasteiger partial charge is 0.388 e. The second kappa shape index (κ2) is 15.2. The molecule has 2 aromatic carbocycles. The van der Waals surface area contributed by atoms with Crippen LogP contribution in [-0.2, 0) is 8.85 Å². The number of hydrogen-bond donors (Lipinski definition) is 0. The highest BCUT2D eigenvalue weighted by Crippen LogP contribution is 2.14. The summed E-state index contributed by atoms with van der Waals surface area (Å²) < 4.78 is 13.4. The Bertz CT molecular complexity index is 675. The summed E-state index contributed by atoms with van der Waals surface area (Å²) in [6.07, 6.45) is 12.7. The van der Waals surface area contributed by atoms with Gasteiger partial charge in [0.05, 0.1) is 0 Å². The SMILES string of the molecule is C=C(C)CCO[Si](OCCCCCCCCCCC)(c1ccccc1)c1ccccc1. The second-order valence-corrected chi connectivity index (χ2v) is 11.5. The molecular weight excluding hydrogens is 396 g/mol. The molecule has 0 unspecified atom stereocenters. The van der Waals surface area contributed by atoms with Crippen LogP contribution < -0.4 is 10.4 Å². The summed E-state index contributed by atoms with van der Waals surface area (Å²) in [6, 6.07) is 21.1. The van der Waals surface area contributed by atoms with E-state index < -0.39 is 8.56 Å². The average molecular weight is 439 g/mol. The summed E-state index contributed by atoms with van der Waals surface area (Å²) in [5.41, 5.74) is 1.14. The Kier molecular flexibility index (Phi) is 12.5. The fourth-order valence-electron chi connectivity index (χ4n) is 3.85. The Labute approximate surface area is 191 Å². The third kappa shape index (κ3) is 9.14. The van der Waals surface area contributed by atoms with Crippen LogP contribution in [0.1, 0.15) is 78.1 Å². The van der Waals surface area contributed by atoms with Crippen molar-refractivity contribution in [2.45, 2.75) is 78.1 Å². The zero-order chi connectivity index (χ0) is 22.2. The lowest BCUT2D eigenvalue weighted by molar-refractivity contribution is 0.189. The van der Waals surface area contributed by atoms with Crippen LogP contribution in [0.4, 0.5) is 0 Å². The molecule has 31 heavy (non-hydrogen) atoms. The molecule has 0 saturated carbocycles. The van der Waals surface area contributed by atoms with Gasteiger partial charge in [-0.1, -0.05) is 125 Å². The Hall–Kier alpha value is -1.68. The molecule has 2 rings (SSSR count). The first-order valence-corrected chi connectivity index (χ1v) is 14.0. The zero-order valence-electron chi connectivity index (χ0n) is 19.8. The predicted octanol–water partition coefficient (Wildman–Crippen LogP) is 6.77. The molecular formula is C28H42O2Si. The molecule has 0 aromatic heterocycles. The summed E-state index contributed by atoms with van der Waals surface area (Å²) in [4.78, 5) is 0. The quantitative estimate of drug-likeness (QED) is 0.154. The highest BCUT2D eigenvalue weighted by Gasteiger charge is 2.42. The molecule has 0 amide bonds. The predicted molar refractivity (Wildman–Crippen MR) is 136 cm³/mol. The van der Waals surface area contributed by atoms with Crippen molar-refractivity contribution < 1.29 is 8.85 Å². The van der Waals surface area contributed by atoms with E-state index in [2.05, 4.69) is 81.1 Å². The molecule has 0 spiro atoms. The lowest BCUT2D eigenvalue weighted by Gasteiger charge is -2.31. The van der Waals surface area contributed by atoms with E-state index in [1.165, 1.54) is 61.7 Å². The number of rotatable bonds is 17. The van der Waals surface area contributed by atoms with E-state index in [4.69, 9.17) is 8.85 Å². The summed E-state index contributed by atoms with van der Waals surface area (Å²) in [5.74, 6) is 0. The molecule has 0 saturated heterocycles. The van der Waals surface area contributed by atoms with Crippen molar-refractivity contribution in [2.24, 2.45) is 0 Å². The molecule has 0 fully saturated rings. The third-order valence-corrected chi connectivity index (χ3v) is 9.10. The molecule has 0 N–H and O–H groups in total. The second-order valence-electron chi connectivity index (χ2n) is 8.58. The van der Waals surface area contributed by atoms with Crippen LogP contribution in [0.15, 0.2) is 72.8 Å². The van der Waals surface area contributed by atoms with Crippen molar-refractivity contribution in [1.82, 2.24) is 0 Å². The first-order valence-electron chi connectivity index (χ1n) is 12.2. The van der Waals surface area contributed by atoms with Gasteiger partial charge in [0.25, 0.3) is 0 Å². The molecule has 3 heteroatoms. The van der Waals surface area contributed by atoms with E-state index in [0.29, 0.717) is 6.61 Å². The standard InChI is InChI=1S/C28H42O2Si/c1-4-5-6-7-8-9-10-11-18-24-29-31(30-25-23-26(2)3,27-19-14-12-15-20-27)28-21-16-13-17-22-28/h12-17,19-22H,2,4-11,18,23-25H2,1,3H3. The Morgan fingerprint density at radius 3 is 1.61 bits per heavy atom. The van der Waals surface area contributed by atoms with Crippen LogP contribution in [0.2, 0.25) is 0 Å². The summed E-state index contributed by atoms with van der Waals surface area (Å²) in [6.45, 7) is 9.76. The zero-order valence-corrected chi connectivity index (χ0v) is 20.8. The van der Waals surface area contributed by atoms with E-state index in [9.17, 15) is 0 Å². The Morgan fingerprint density at radius 2 is 1.13 bits per heavy atom. The van der Waals surface area contributed by atoms with Gasteiger partial charge in [0, 0.05) is 13.2 Å². The van der Waals surface area contributed by atoms with Gasteiger partial charge in [0.2, 0.25) is 0 Å². The molecule has 170 valence electrons. The van der Waals surface area contributed by atoms with Crippen LogP contribution >= 0.6 is 0 Å². The first-order chi connectivity index (χ1) is 15.2. The topological polar surface area (TPSA) is 18.5 Å². The van der Waals surface area contributed by atoms with Gasteiger partial charge in [0.1, 0.15) is 0 Å². The lowest BCUT2D eigenvalue weighted by atomic mass is 10.1. The van der Waals surface area contributed by atoms with Crippen molar-refractivity contribution in [3.05, 3.63) is 72.8 Å². The van der Waals surface area contributed by atoms with E-state index in [1.807, 2.05) is 0 Å². The number of unbranched alkanes of at least 4 members (excludes halogenated alkanes) is 8. The molecule has 0 heterocycles. The molecule has 0 atom stereocenters. The maximum absolute atomic E-state index is 6.73. The minimum absolute atomic E-state index is 0.642. The van der Waals surface area contributed by atoms with Crippen molar-refractivity contribution in [1.29, 1.82) is 0 Å². The van der Waals surface area contributed by atoms with Crippen molar-refractivity contribution in [3.8, 4) is 0 Å². The van der Waals surface area contributed by atoms with Gasteiger partial charge in [0.15, 0.2) is 0 Å². The molecule has 0 radical (unpaired) electrons. The van der Waals surface area contributed by atoms with E-state index in [1.54, 1.807) is 0 Å². The molecule has 0 aliphatic heterocycles. The number of hydrogen-bond acceptors (Lipinski definition) is 2. The fourth-order valence-corrected chi connectivity index (χ4v) is 7.02. The fraction of sp³-hybridized carbons (Fsp3) is 0.500. The average Bonchev–Trinajstić information content (AvgIpc) is 2.80. The molecule has 0 aliphatic carbocycles. The monoisotopic (exact) mass is 438 g/mol. The largest absolute Gasteiger partial charge is 0.407 e. The third-order valence-electron chi connectivity index (χ3n) is 5.70. The van der Waals surface area contributed by atoms with Crippen molar-refractivity contribution in [3.63, 3.8) is 0 Å². The first kappa shape index (κ1) is 25.6. The lowest BCUT2D eigenvalue weighted by Crippen LogP contribution is -2.63. The van der Waals surface area contributed by atoms with Crippen molar-refractivity contribution in [2.75, 3.05) is 13.2 Å². The molecule has 2 nitrogen and oxygen atoms in total. The summed E-state index contributed by atoms with van der Waals surface area (Å²) in [5, 5.41) is 2.36. The summed E-state index contributed by atoms with van der Waals surface area (Å²) in [7, 11) is -2.75. The van der Waals surface area contributed by atoms with E-state index >= 15 is 0 Å². The van der Waals surface area contributed by atoms with Crippen molar-refractivity contribution >= 4 is 18.9 Å². The summed E-state index contributed by atoms with van der Waals surface area (Å²) >= 11 is 0. The van der Waals surface area contributed by atoms with Gasteiger partial charge >= 0.3 is 8.56 Å². The maximum atomic E-state index is 6.73. The minimum Gasteiger partial charge on any atom is -0.388 e. The molecule has 0 bridgehead atoms. The normalized spacial score (nSPS) is 11.5. The highest BCUT2D eigenvalue weighted by molar-refractivity contribution is 6.92. The Balaban J connectivity index is 1.99. The van der Waals surface area contributed by atoms with Gasteiger partial charge in [-0.05, 0) is 30.1 Å². The number of benzene rings is 2. The molecule has 2 aromatic rings. The Morgan fingerprint density at radius 1 is 0.677 bits per heavy atom. The van der Waals surface area contributed by atoms with E-state index in [-0.39, 0.29) is 0 Å². The van der Waals surface area contributed by atoms with Gasteiger partial charge in [-0.25, -0.2) is 0 Å². The minimum atomic E-state index is -2.75. The van der Waals surface area contributed by atoms with Crippen LogP contribution in [0.5, 0.6) is 0 Å². The van der Waals surface area contributed by atoms with Gasteiger partial charge in [-0.15, -0.1) is 6.58 Å². The maximum Gasteiger partial charge on any atom is 0.407 e. The highest BCUT2D eigenvalue weighted by atomic mass is 28.4. The van der Waals surface area contributed by atoms with Gasteiger partial charge < -0.3 is 8.85 Å².